The lowest BCUT2D eigenvalue weighted by atomic mass is 10.1. The first-order valence-electron chi connectivity index (χ1n) is 5.38. The van der Waals surface area contributed by atoms with Crippen molar-refractivity contribution in [2.75, 3.05) is 19.0 Å². The van der Waals surface area contributed by atoms with Crippen LogP contribution in [0.2, 0.25) is 0 Å². The number of aliphatic carboxylic acids is 1. The van der Waals surface area contributed by atoms with E-state index in [0.29, 0.717) is 13.0 Å². The molecule has 1 aromatic rings. The van der Waals surface area contributed by atoms with Crippen LogP contribution in [0.25, 0.3) is 0 Å². The van der Waals surface area contributed by atoms with Gasteiger partial charge in [0, 0.05) is 12.2 Å². The summed E-state index contributed by atoms with van der Waals surface area (Å²) in [5.74, 6) is -0.385. The number of hydrogen-bond acceptors (Lipinski definition) is 3. The quantitative estimate of drug-likeness (QED) is 0.848. The topological polar surface area (TPSA) is 58.6 Å². The number of nitrogens with one attached hydrogen (secondary N) is 1. The van der Waals surface area contributed by atoms with Gasteiger partial charge in [-0.3, -0.25) is 4.79 Å². The van der Waals surface area contributed by atoms with Crippen LogP contribution in [0, 0.1) is 5.92 Å². The number of rotatable bonds is 6. The van der Waals surface area contributed by atoms with Crippen LogP contribution in [0.4, 0.5) is 5.69 Å². The molecule has 0 aliphatic heterocycles. The summed E-state index contributed by atoms with van der Waals surface area (Å²) in [6, 6.07) is 5.56. The highest BCUT2D eigenvalue weighted by molar-refractivity contribution is 9.10. The standard InChI is InChI=1S/C12H16BrNO3/c1-3-8(12(15)16)7-14-9-4-5-11(17-2)10(13)6-9/h4-6,8,14H,3,7H2,1-2H3,(H,15,16). The lowest BCUT2D eigenvalue weighted by molar-refractivity contribution is -0.141. The fourth-order valence-electron chi connectivity index (χ4n) is 1.42. The second kappa shape index (κ2) is 6.49. The molecule has 0 aliphatic rings. The number of methoxy groups -OCH3 is 1. The molecule has 0 radical (unpaired) electrons. The van der Waals surface area contributed by atoms with E-state index >= 15 is 0 Å². The van der Waals surface area contributed by atoms with Crippen LogP contribution in [-0.4, -0.2) is 24.7 Å². The number of carbonyl (C=O) groups is 1. The van der Waals surface area contributed by atoms with Crippen molar-refractivity contribution in [3.63, 3.8) is 0 Å². The third-order valence-corrected chi connectivity index (χ3v) is 3.17. The van der Waals surface area contributed by atoms with Crippen LogP contribution < -0.4 is 10.1 Å². The van der Waals surface area contributed by atoms with E-state index in [1.165, 1.54) is 0 Å². The van der Waals surface area contributed by atoms with Gasteiger partial charge in [-0.05, 0) is 40.5 Å². The minimum Gasteiger partial charge on any atom is -0.496 e. The molecular formula is C12H16BrNO3. The van der Waals surface area contributed by atoms with Gasteiger partial charge in [0.15, 0.2) is 0 Å². The number of halogens is 1. The Morgan fingerprint density at radius 1 is 1.59 bits per heavy atom. The number of ether oxygens (including phenoxy) is 1. The molecule has 0 aliphatic carbocycles. The Hall–Kier alpha value is -1.23. The Labute approximate surface area is 109 Å². The van der Waals surface area contributed by atoms with E-state index in [0.717, 1.165) is 15.9 Å². The highest BCUT2D eigenvalue weighted by Crippen LogP contribution is 2.27. The summed E-state index contributed by atoms with van der Waals surface area (Å²) >= 11 is 3.38. The Kier molecular flexibility index (Phi) is 5.28. The van der Waals surface area contributed by atoms with Gasteiger partial charge < -0.3 is 15.2 Å². The van der Waals surface area contributed by atoms with Crippen LogP contribution in [0.15, 0.2) is 22.7 Å². The number of carboxylic acid groups (broad SMARTS) is 1. The van der Waals surface area contributed by atoms with Gasteiger partial charge in [-0.15, -0.1) is 0 Å². The molecule has 0 amide bonds. The molecule has 0 saturated carbocycles. The molecule has 0 fully saturated rings. The molecule has 0 aromatic heterocycles. The average Bonchev–Trinajstić information content (AvgIpc) is 2.29. The highest BCUT2D eigenvalue weighted by atomic mass is 79.9. The molecule has 5 heteroatoms. The van der Waals surface area contributed by atoms with Crippen molar-refractivity contribution in [3.8, 4) is 5.75 Å². The van der Waals surface area contributed by atoms with Gasteiger partial charge in [-0.2, -0.15) is 0 Å². The van der Waals surface area contributed by atoms with Crippen molar-refractivity contribution in [1.29, 1.82) is 0 Å². The van der Waals surface area contributed by atoms with E-state index in [2.05, 4.69) is 21.2 Å². The molecule has 94 valence electrons. The first-order valence-corrected chi connectivity index (χ1v) is 6.18. The summed E-state index contributed by atoms with van der Waals surface area (Å²) in [6.07, 6.45) is 0.611. The Bertz CT molecular complexity index is 395. The lowest BCUT2D eigenvalue weighted by Crippen LogP contribution is -2.22. The van der Waals surface area contributed by atoms with Crippen molar-refractivity contribution in [2.45, 2.75) is 13.3 Å². The van der Waals surface area contributed by atoms with Crippen molar-refractivity contribution in [3.05, 3.63) is 22.7 Å². The second-order valence-electron chi connectivity index (χ2n) is 3.67. The Morgan fingerprint density at radius 2 is 2.29 bits per heavy atom. The van der Waals surface area contributed by atoms with Gasteiger partial charge in [0.25, 0.3) is 0 Å². The predicted molar refractivity (Wildman–Crippen MR) is 70.6 cm³/mol. The number of benzene rings is 1. The SMILES string of the molecule is CCC(CNc1ccc(OC)c(Br)c1)C(=O)O. The molecule has 1 aromatic carbocycles. The number of hydrogen-bond donors (Lipinski definition) is 2. The molecule has 1 unspecified atom stereocenters. The molecule has 1 rings (SSSR count). The molecule has 0 bridgehead atoms. The maximum absolute atomic E-state index is 10.8. The summed E-state index contributed by atoms with van der Waals surface area (Å²) in [7, 11) is 1.60. The maximum atomic E-state index is 10.8. The third-order valence-electron chi connectivity index (χ3n) is 2.55. The maximum Gasteiger partial charge on any atom is 0.308 e. The molecule has 0 heterocycles. The van der Waals surface area contributed by atoms with E-state index in [9.17, 15) is 4.79 Å². The smallest absolute Gasteiger partial charge is 0.308 e. The van der Waals surface area contributed by atoms with Crippen LogP contribution in [0.5, 0.6) is 5.75 Å². The van der Waals surface area contributed by atoms with Crippen molar-refractivity contribution < 1.29 is 14.6 Å². The van der Waals surface area contributed by atoms with Gasteiger partial charge in [-0.25, -0.2) is 0 Å². The molecule has 4 nitrogen and oxygen atoms in total. The zero-order valence-corrected chi connectivity index (χ0v) is 11.5. The molecule has 0 spiro atoms. The van der Waals surface area contributed by atoms with Crippen LogP contribution >= 0.6 is 15.9 Å². The minimum absolute atomic E-state index is 0.365. The van der Waals surface area contributed by atoms with Crippen molar-refractivity contribution in [1.82, 2.24) is 0 Å². The highest BCUT2D eigenvalue weighted by Gasteiger charge is 2.14. The summed E-state index contributed by atoms with van der Waals surface area (Å²) in [6.45, 7) is 2.29. The van der Waals surface area contributed by atoms with E-state index in [1.54, 1.807) is 7.11 Å². The van der Waals surface area contributed by atoms with E-state index in [4.69, 9.17) is 9.84 Å². The fraction of sp³-hybridized carbons (Fsp3) is 0.417. The minimum atomic E-state index is -0.771. The normalized spacial score (nSPS) is 11.9. The number of carboxylic acids is 1. The average molecular weight is 302 g/mol. The molecule has 2 N–H and O–H groups in total. The van der Waals surface area contributed by atoms with Crippen molar-refractivity contribution >= 4 is 27.6 Å². The largest absolute Gasteiger partial charge is 0.496 e. The van der Waals surface area contributed by atoms with Crippen LogP contribution in [-0.2, 0) is 4.79 Å². The summed E-state index contributed by atoms with van der Waals surface area (Å²) in [4.78, 5) is 10.8. The molecule has 1 atom stereocenters. The van der Waals surface area contributed by atoms with Crippen LogP contribution in [0.3, 0.4) is 0 Å². The Balaban J connectivity index is 2.63. The Morgan fingerprint density at radius 3 is 2.76 bits per heavy atom. The van der Waals surface area contributed by atoms with E-state index in [1.807, 2.05) is 25.1 Å². The van der Waals surface area contributed by atoms with Gasteiger partial charge >= 0.3 is 5.97 Å². The molecular weight excluding hydrogens is 286 g/mol. The summed E-state index contributed by atoms with van der Waals surface area (Å²) in [5, 5.41) is 12.0. The third kappa shape index (κ3) is 3.93. The fourth-order valence-corrected chi connectivity index (χ4v) is 1.96. The van der Waals surface area contributed by atoms with Crippen LogP contribution in [0.1, 0.15) is 13.3 Å². The zero-order valence-electron chi connectivity index (χ0n) is 9.87. The second-order valence-corrected chi connectivity index (χ2v) is 4.53. The van der Waals surface area contributed by atoms with Gasteiger partial charge in [0.1, 0.15) is 5.75 Å². The van der Waals surface area contributed by atoms with Gasteiger partial charge in [-0.1, -0.05) is 6.92 Å². The zero-order chi connectivity index (χ0) is 12.8. The van der Waals surface area contributed by atoms with E-state index in [-0.39, 0.29) is 5.92 Å². The summed E-state index contributed by atoms with van der Waals surface area (Å²) < 4.78 is 5.96. The van der Waals surface area contributed by atoms with E-state index < -0.39 is 5.97 Å². The first-order chi connectivity index (χ1) is 8.08. The van der Waals surface area contributed by atoms with Crippen molar-refractivity contribution in [2.24, 2.45) is 5.92 Å². The molecule has 0 saturated heterocycles. The van der Waals surface area contributed by atoms with Gasteiger partial charge in [0.05, 0.1) is 17.5 Å². The predicted octanol–water partition coefficient (Wildman–Crippen LogP) is 2.98. The number of anilines is 1. The lowest BCUT2D eigenvalue weighted by Gasteiger charge is -2.13. The van der Waals surface area contributed by atoms with Gasteiger partial charge in [0.2, 0.25) is 0 Å². The molecule has 17 heavy (non-hydrogen) atoms. The summed E-state index contributed by atoms with van der Waals surface area (Å²) in [5.41, 5.74) is 0.873. The monoisotopic (exact) mass is 301 g/mol. The first kappa shape index (κ1) is 13.8.